The van der Waals surface area contributed by atoms with Crippen LogP contribution in [0.5, 0.6) is 0 Å². The van der Waals surface area contributed by atoms with E-state index >= 15 is 0 Å². The van der Waals surface area contributed by atoms with E-state index in [0.29, 0.717) is 27.5 Å². The smallest absolute Gasteiger partial charge is 0.342 e. The van der Waals surface area contributed by atoms with Gasteiger partial charge in [-0.05, 0) is 35.9 Å². The van der Waals surface area contributed by atoms with Gasteiger partial charge in [0, 0.05) is 39.3 Å². The van der Waals surface area contributed by atoms with E-state index in [4.69, 9.17) is 23.2 Å². The second kappa shape index (κ2) is 8.15. The predicted molar refractivity (Wildman–Crippen MR) is 129 cm³/mol. The van der Waals surface area contributed by atoms with Gasteiger partial charge in [0.1, 0.15) is 0 Å². The molecule has 3 aromatic carbocycles. The molecule has 2 aromatic heterocycles. The average molecular weight is 463 g/mol. The lowest BCUT2D eigenvalue weighted by Crippen LogP contribution is -2.32. The zero-order valence-electron chi connectivity index (χ0n) is 16.6. The molecule has 0 saturated heterocycles. The second-order valence-electron chi connectivity index (χ2n) is 7.30. The summed E-state index contributed by atoms with van der Waals surface area (Å²) in [6.45, 7) is 0.529. The first kappa shape index (κ1) is 20.3. The van der Waals surface area contributed by atoms with Crippen LogP contribution in [0, 0.1) is 0 Å². The van der Waals surface area contributed by atoms with E-state index in [1.54, 1.807) is 36.4 Å². The number of benzene rings is 3. The van der Waals surface area contributed by atoms with E-state index < -0.39 is 11.2 Å². The number of H-pyrrole nitrogens is 1. The van der Waals surface area contributed by atoms with Crippen molar-refractivity contribution in [1.82, 2.24) is 14.2 Å². The molecule has 0 saturated carbocycles. The highest BCUT2D eigenvalue weighted by atomic mass is 35.5. The molecule has 0 bridgehead atoms. The van der Waals surface area contributed by atoms with Gasteiger partial charge < -0.3 is 9.55 Å². The summed E-state index contributed by atoms with van der Waals surface area (Å²) in [5.74, 6) is 0. The molecule has 32 heavy (non-hydrogen) atoms. The molecular weight excluding hydrogens is 447 g/mol. The number of nitrogens with zero attached hydrogens (tertiary/aromatic N) is 3. The third kappa shape index (κ3) is 3.64. The van der Waals surface area contributed by atoms with Gasteiger partial charge in [0.2, 0.25) is 0 Å². The van der Waals surface area contributed by atoms with Gasteiger partial charge in [-0.2, -0.15) is 5.10 Å². The highest BCUT2D eigenvalue weighted by Gasteiger charge is 2.10. The monoisotopic (exact) mass is 462 g/mol. The Labute approximate surface area is 192 Å². The summed E-state index contributed by atoms with van der Waals surface area (Å²) in [7, 11) is 0. The molecule has 1 N–H and O–H groups in total. The van der Waals surface area contributed by atoms with Gasteiger partial charge in [-0.15, -0.1) is 4.68 Å². The molecule has 0 unspecified atom stereocenters. The average Bonchev–Trinajstić information content (AvgIpc) is 3.13. The number of para-hydroxylation sites is 2. The maximum absolute atomic E-state index is 12.7. The molecule has 5 aromatic rings. The molecule has 0 aliphatic carbocycles. The first-order valence-electron chi connectivity index (χ1n) is 9.81. The Kier molecular flexibility index (Phi) is 5.17. The first-order chi connectivity index (χ1) is 15.5. The van der Waals surface area contributed by atoms with Crippen molar-refractivity contribution in [2.24, 2.45) is 5.10 Å². The van der Waals surface area contributed by atoms with Crippen LogP contribution in [0.2, 0.25) is 10.0 Å². The standard InChI is InChI=1S/C24H16Cl2N4O2/c25-17-10-9-15(20(26)11-17)13-29-14-16(18-5-2-4-8-22(18)29)12-27-30-23(31)19-6-1-3-7-21(19)28-24(30)32/h1-12,14H,13H2,(H,28,32). The number of fused-ring (bicyclic) bond motifs is 2. The Morgan fingerprint density at radius 3 is 2.50 bits per heavy atom. The molecule has 0 aliphatic rings. The van der Waals surface area contributed by atoms with Crippen LogP contribution in [0.4, 0.5) is 0 Å². The first-order valence-corrected chi connectivity index (χ1v) is 10.6. The maximum atomic E-state index is 12.7. The zero-order chi connectivity index (χ0) is 22.2. The molecule has 0 fully saturated rings. The predicted octanol–water partition coefficient (Wildman–Crippen LogP) is 4.88. The maximum Gasteiger partial charge on any atom is 0.349 e. The van der Waals surface area contributed by atoms with Crippen LogP contribution >= 0.6 is 23.2 Å². The third-order valence-corrected chi connectivity index (χ3v) is 5.86. The second-order valence-corrected chi connectivity index (χ2v) is 8.15. The molecule has 158 valence electrons. The molecule has 0 spiro atoms. The lowest BCUT2D eigenvalue weighted by molar-refractivity contribution is 0.771. The van der Waals surface area contributed by atoms with E-state index in [9.17, 15) is 9.59 Å². The summed E-state index contributed by atoms with van der Waals surface area (Å²) >= 11 is 12.4. The summed E-state index contributed by atoms with van der Waals surface area (Å²) in [5.41, 5.74) is 2.07. The third-order valence-electron chi connectivity index (χ3n) is 5.27. The Morgan fingerprint density at radius 2 is 1.69 bits per heavy atom. The van der Waals surface area contributed by atoms with Crippen molar-refractivity contribution < 1.29 is 0 Å². The number of hydrogen-bond donors (Lipinski definition) is 1. The van der Waals surface area contributed by atoms with Gasteiger partial charge in [-0.25, -0.2) is 4.79 Å². The number of hydrogen-bond acceptors (Lipinski definition) is 3. The largest absolute Gasteiger partial charge is 0.349 e. The van der Waals surface area contributed by atoms with Crippen LogP contribution in [0.15, 0.2) is 87.6 Å². The number of halogens is 2. The van der Waals surface area contributed by atoms with Crippen LogP contribution in [0.1, 0.15) is 11.1 Å². The summed E-state index contributed by atoms with van der Waals surface area (Å²) in [4.78, 5) is 27.8. The quantitative estimate of drug-likeness (QED) is 0.386. The molecule has 0 amide bonds. The zero-order valence-corrected chi connectivity index (χ0v) is 18.1. The SMILES string of the molecule is O=c1[nH]c2ccccc2c(=O)n1N=Cc1cn(Cc2ccc(Cl)cc2Cl)c2ccccc12. The highest BCUT2D eigenvalue weighted by molar-refractivity contribution is 6.35. The normalized spacial score (nSPS) is 11.7. The van der Waals surface area contributed by atoms with E-state index in [-0.39, 0.29) is 0 Å². The molecule has 0 atom stereocenters. The fourth-order valence-corrected chi connectivity index (χ4v) is 4.19. The molecule has 5 rings (SSSR count). The number of nitrogens with one attached hydrogen (secondary N) is 1. The van der Waals surface area contributed by atoms with E-state index in [1.807, 2.05) is 41.1 Å². The minimum absolute atomic E-state index is 0.393. The van der Waals surface area contributed by atoms with Crippen molar-refractivity contribution in [2.45, 2.75) is 6.54 Å². The van der Waals surface area contributed by atoms with Crippen LogP contribution in [-0.4, -0.2) is 20.4 Å². The van der Waals surface area contributed by atoms with E-state index in [1.165, 1.54) is 6.21 Å². The van der Waals surface area contributed by atoms with Crippen molar-refractivity contribution in [1.29, 1.82) is 0 Å². The minimum Gasteiger partial charge on any atom is -0.342 e. The Bertz CT molecular complexity index is 1630. The molecule has 2 heterocycles. The Morgan fingerprint density at radius 1 is 0.938 bits per heavy atom. The number of rotatable bonds is 4. The van der Waals surface area contributed by atoms with E-state index in [2.05, 4.69) is 10.1 Å². The number of aromatic amines is 1. The van der Waals surface area contributed by atoms with Crippen LogP contribution < -0.4 is 11.2 Å². The highest BCUT2D eigenvalue weighted by Crippen LogP contribution is 2.25. The fourth-order valence-electron chi connectivity index (χ4n) is 3.72. The van der Waals surface area contributed by atoms with Gasteiger partial charge >= 0.3 is 5.69 Å². The fraction of sp³-hybridized carbons (Fsp3) is 0.0417. The van der Waals surface area contributed by atoms with Gasteiger partial charge in [0.15, 0.2) is 0 Å². The van der Waals surface area contributed by atoms with Crippen molar-refractivity contribution >= 4 is 51.2 Å². The van der Waals surface area contributed by atoms with Crippen LogP contribution in [0.25, 0.3) is 21.8 Å². The van der Waals surface area contributed by atoms with Crippen LogP contribution in [-0.2, 0) is 6.54 Å². The topological polar surface area (TPSA) is 72.2 Å². The van der Waals surface area contributed by atoms with Crippen molar-refractivity contribution in [3.05, 3.63) is 115 Å². The van der Waals surface area contributed by atoms with Crippen LogP contribution in [0.3, 0.4) is 0 Å². The lowest BCUT2D eigenvalue weighted by atomic mass is 10.2. The molecular formula is C24H16Cl2N4O2. The van der Waals surface area contributed by atoms with Gasteiger partial charge in [0.25, 0.3) is 5.56 Å². The summed E-state index contributed by atoms with van der Waals surface area (Å²) in [6.07, 6.45) is 3.44. The molecule has 0 aliphatic heterocycles. The summed E-state index contributed by atoms with van der Waals surface area (Å²) in [5, 5.41) is 6.70. The molecule has 6 nitrogen and oxygen atoms in total. The molecule has 8 heteroatoms. The molecule has 0 radical (unpaired) electrons. The van der Waals surface area contributed by atoms with Gasteiger partial charge in [-0.1, -0.05) is 59.6 Å². The minimum atomic E-state index is -0.596. The van der Waals surface area contributed by atoms with Crippen molar-refractivity contribution in [2.75, 3.05) is 0 Å². The van der Waals surface area contributed by atoms with Gasteiger partial charge in [-0.3, -0.25) is 4.79 Å². The van der Waals surface area contributed by atoms with Crippen molar-refractivity contribution in [3.63, 3.8) is 0 Å². The van der Waals surface area contributed by atoms with E-state index in [0.717, 1.165) is 26.7 Å². The lowest BCUT2D eigenvalue weighted by Gasteiger charge is -2.08. The Hall–Kier alpha value is -3.61. The van der Waals surface area contributed by atoms with Gasteiger partial charge in [0.05, 0.1) is 17.1 Å². The Balaban J connectivity index is 1.59. The summed E-state index contributed by atoms with van der Waals surface area (Å²) < 4.78 is 2.88. The number of aromatic nitrogens is 3. The summed E-state index contributed by atoms with van der Waals surface area (Å²) in [6, 6.07) is 20.1. The van der Waals surface area contributed by atoms with Crippen molar-refractivity contribution in [3.8, 4) is 0 Å².